The third-order valence-electron chi connectivity index (χ3n) is 4.77. The number of aromatic amines is 1. The quantitative estimate of drug-likeness (QED) is 0.799. The van der Waals surface area contributed by atoms with Crippen molar-refractivity contribution in [3.05, 3.63) is 52.3 Å². The molecule has 3 nitrogen and oxygen atoms in total. The van der Waals surface area contributed by atoms with E-state index in [-0.39, 0.29) is 5.91 Å². The highest BCUT2D eigenvalue weighted by molar-refractivity contribution is 6.35. The van der Waals surface area contributed by atoms with Crippen LogP contribution in [0.4, 0.5) is 5.69 Å². The van der Waals surface area contributed by atoms with E-state index in [2.05, 4.69) is 30.1 Å². The van der Waals surface area contributed by atoms with Gasteiger partial charge in [-0.25, -0.2) is 0 Å². The van der Waals surface area contributed by atoms with E-state index in [1.165, 1.54) is 29.7 Å². The minimum Gasteiger partial charge on any atom is -0.359 e. The van der Waals surface area contributed by atoms with Gasteiger partial charge in [-0.2, -0.15) is 0 Å². The van der Waals surface area contributed by atoms with E-state index in [1.54, 1.807) is 4.90 Å². The molecule has 2 aliphatic rings. The van der Waals surface area contributed by atoms with Crippen molar-refractivity contribution in [1.29, 1.82) is 0 Å². The fourth-order valence-electron chi connectivity index (χ4n) is 3.56. The van der Waals surface area contributed by atoms with Crippen LogP contribution in [0.25, 0.3) is 11.6 Å². The first-order valence-corrected chi connectivity index (χ1v) is 7.95. The maximum atomic E-state index is 12.6. The summed E-state index contributed by atoms with van der Waals surface area (Å²) >= 11 is 0. The van der Waals surface area contributed by atoms with Crippen molar-refractivity contribution >= 4 is 23.2 Å². The number of nitrogens with zero attached hydrogens (tertiary/aromatic N) is 1. The lowest BCUT2D eigenvalue weighted by Gasteiger charge is -2.08. The van der Waals surface area contributed by atoms with Gasteiger partial charge in [0, 0.05) is 24.0 Å². The van der Waals surface area contributed by atoms with Gasteiger partial charge in [-0.15, -0.1) is 0 Å². The molecule has 0 unspecified atom stereocenters. The lowest BCUT2D eigenvalue weighted by molar-refractivity contribution is -0.112. The molecule has 1 N–H and O–H groups in total. The molecular formula is C19H20N2O. The predicted octanol–water partition coefficient (Wildman–Crippen LogP) is 3.72. The first kappa shape index (κ1) is 13.4. The van der Waals surface area contributed by atoms with Crippen LogP contribution in [0.15, 0.2) is 24.3 Å². The Balaban J connectivity index is 1.80. The largest absolute Gasteiger partial charge is 0.359 e. The van der Waals surface area contributed by atoms with E-state index in [9.17, 15) is 4.79 Å². The molecule has 2 aromatic rings. The van der Waals surface area contributed by atoms with E-state index in [0.29, 0.717) is 0 Å². The zero-order chi connectivity index (χ0) is 15.3. The smallest absolute Gasteiger partial charge is 0.258 e. The van der Waals surface area contributed by atoms with Crippen molar-refractivity contribution in [2.75, 3.05) is 11.9 Å². The molecule has 0 radical (unpaired) electrons. The second kappa shape index (κ2) is 4.87. The molecule has 0 saturated heterocycles. The molecule has 1 aromatic heterocycles. The molecule has 0 spiro atoms. The minimum absolute atomic E-state index is 0.0770. The molecule has 1 aliphatic heterocycles. The van der Waals surface area contributed by atoms with Crippen LogP contribution < -0.4 is 4.90 Å². The number of aromatic nitrogens is 1. The number of carbonyl (C=O) groups is 1. The number of aryl methyl sites for hydroxylation is 3. The number of likely N-dealkylation sites (N-methyl/N-ethyl adjacent to an activating group) is 1. The van der Waals surface area contributed by atoms with Gasteiger partial charge in [0.05, 0.1) is 11.3 Å². The summed E-state index contributed by atoms with van der Waals surface area (Å²) in [4.78, 5) is 17.8. The first-order chi connectivity index (χ1) is 10.6. The standard InChI is InChI=1S/C19H20N2O/c1-12-7-8-18-15(9-12)16(19(22)21(18)2)11-14-10-13-5-3-4-6-17(13)20-14/h7-11,20H,3-6H2,1-2H3/b16-11-. The van der Waals surface area contributed by atoms with E-state index in [0.717, 1.165) is 35.4 Å². The van der Waals surface area contributed by atoms with Gasteiger partial charge in [-0.1, -0.05) is 11.6 Å². The molecule has 0 bridgehead atoms. The van der Waals surface area contributed by atoms with Crippen molar-refractivity contribution in [1.82, 2.24) is 4.98 Å². The van der Waals surface area contributed by atoms with E-state index >= 15 is 0 Å². The maximum Gasteiger partial charge on any atom is 0.258 e. The number of benzene rings is 1. The Bertz CT molecular complexity index is 774. The fraction of sp³-hybridized carbons (Fsp3) is 0.316. The molecular weight excluding hydrogens is 272 g/mol. The van der Waals surface area contributed by atoms with Crippen molar-refractivity contribution in [2.45, 2.75) is 32.6 Å². The molecule has 1 aliphatic carbocycles. The Morgan fingerprint density at radius 1 is 1.18 bits per heavy atom. The molecule has 2 heterocycles. The lowest BCUT2D eigenvalue weighted by atomic mass is 9.98. The number of anilines is 1. The lowest BCUT2D eigenvalue weighted by Crippen LogP contribution is -2.20. The van der Waals surface area contributed by atoms with Crippen molar-refractivity contribution in [2.24, 2.45) is 0 Å². The van der Waals surface area contributed by atoms with Crippen molar-refractivity contribution in [3.63, 3.8) is 0 Å². The molecule has 3 heteroatoms. The molecule has 112 valence electrons. The van der Waals surface area contributed by atoms with Crippen LogP contribution in [-0.4, -0.2) is 17.9 Å². The first-order valence-electron chi connectivity index (χ1n) is 7.95. The summed E-state index contributed by atoms with van der Waals surface area (Å²) in [5, 5.41) is 0. The highest BCUT2D eigenvalue weighted by Crippen LogP contribution is 2.37. The average Bonchev–Trinajstić information content (AvgIpc) is 3.02. The molecule has 1 aromatic carbocycles. The SMILES string of the molecule is Cc1ccc2c(c1)/C(=C/c1cc3c([nH]1)CCCC3)C(=O)N2C. The van der Waals surface area contributed by atoms with Gasteiger partial charge in [0.25, 0.3) is 5.91 Å². The monoisotopic (exact) mass is 292 g/mol. The number of hydrogen-bond donors (Lipinski definition) is 1. The van der Waals surface area contributed by atoms with Crippen LogP contribution in [0, 0.1) is 6.92 Å². The third-order valence-corrected chi connectivity index (χ3v) is 4.77. The zero-order valence-electron chi connectivity index (χ0n) is 13.1. The predicted molar refractivity (Wildman–Crippen MR) is 89.9 cm³/mol. The highest BCUT2D eigenvalue weighted by Gasteiger charge is 2.29. The Labute approximate surface area is 130 Å². The highest BCUT2D eigenvalue weighted by atomic mass is 16.2. The Morgan fingerprint density at radius 2 is 2.00 bits per heavy atom. The van der Waals surface area contributed by atoms with Gasteiger partial charge < -0.3 is 9.88 Å². The van der Waals surface area contributed by atoms with Crippen LogP contribution in [0.2, 0.25) is 0 Å². The second-order valence-corrected chi connectivity index (χ2v) is 6.38. The number of carbonyl (C=O) groups excluding carboxylic acids is 1. The van der Waals surface area contributed by atoms with Crippen LogP contribution in [0.3, 0.4) is 0 Å². The summed E-state index contributed by atoms with van der Waals surface area (Å²) in [7, 11) is 1.84. The number of amides is 1. The van der Waals surface area contributed by atoms with Crippen LogP contribution >= 0.6 is 0 Å². The Kier molecular flexibility index (Phi) is 2.96. The van der Waals surface area contributed by atoms with Crippen LogP contribution in [-0.2, 0) is 17.6 Å². The summed E-state index contributed by atoms with van der Waals surface area (Å²) in [5.74, 6) is 0.0770. The second-order valence-electron chi connectivity index (χ2n) is 6.38. The number of hydrogen-bond acceptors (Lipinski definition) is 1. The van der Waals surface area contributed by atoms with Crippen molar-refractivity contribution in [3.8, 4) is 0 Å². The summed E-state index contributed by atoms with van der Waals surface area (Å²) in [6.45, 7) is 2.06. The van der Waals surface area contributed by atoms with Gasteiger partial charge in [-0.05, 0) is 62.4 Å². The zero-order valence-corrected chi connectivity index (χ0v) is 13.1. The fourth-order valence-corrected chi connectivity index (χ4v) is 3.56. The Morgan fingerprint density at radius 3 is 2.82 bits per heavy atom. The normalized spacial score (nSPS) is 18.7. The maximum absolute atomic E-state index is 12.6. The van der Waals surface area contributed by atoms with E-state index in [1.807, 2.05) is 19.2 Å². The van der Waals surface area contributed by atoms with Gasteiger partial charge >= 0.3 is 0 Å². The summed E-state index contributed by atoms with van der Waals surface area (Å²) in [5.41, 5.74) is 7.83. The molecule has 22 heavy (non-hydrogen) atoms. The van der Waals surface area contributed by atoms with Gasteiger partial charge in [0.15, 0.2) is 0 Å². The number of rotatable bonds is 1. The number of H-pyrrole nitrogens is 1. The summed E-state index contributed by atoms with van der Waals surface area (Å²) in [6, 6.07) is 8.40. The minimum atomic E-state index is 0.0770. The van der Waals surface area contributed by atoms with Crippen LogP contribution in [0.5, 0.6) is 0 Å². The summed E-state index contributed by atoms with van der Waals surface area (Å²) < 4.78 is 0. The van der Waals surface area contributed by atoms with Crippen molar-refractivity contribution < 1.29 is 4.79 Å². The van der Waals surface area contributed by atoms with Crippen LogP contribution in [0.1, 0.15) is 40.9 Å². The molecule has 0 atom stereocenters. The average molecular weight is 292 g/mol. The summed E-state index contributed by atoms with van der Waals surface area (Å²) in [6.07, 6.45) is 6.82. The van der Waals surface area contributed by atoms with Gasteiger partial charge in [0.2, 0.25) is 0 Å². The van der Waals surface area contributed by atoms with Gasteiger partial charge in [-0.3, -0.25) is 4.79 Å². The molecule has 1 amide bonds. The molecule has 0 fully saturated rings. The van der Waals surface area contributed by atoms with E-state index < -0.39 is 0 Å². The Hall–Kier alpha value is -2.29. The molecule has 4 rings (SSSR count). The molecule has 0 saturated carbocycles. The topological polar surface area (TPSA) is 36.1 Å². The van der Waals surface area contributed by atoms with E-state index in [4.69, 9.17) is 0 Å². The third kappa shape index (κ3) is 2.00. The van der Waals surface area contributed by atoms with Gasteiger partial charge in [0.1, 0.15) is 0 Å². The number of nitrogens with one attached hydrogen (secondary N) is 1. The number of fused-ring (bicyclic) bond motifs is 2.